The van der Waals surface area contributed by atoms with Gasteiger partial charge in [-0.3, -0.25) is 4.79 Å². The minimum Gasteiger partial charge on any atom is -0.326 e. The molecule has 6 nitrogen and oxygen atoms in total. The zero-order valence-electron chi connectivity index (χ0n) is 17.9. The molecule has 2 aliphatic rings. The molecule has 0 saturated carbocycles. The van der Waals surface area contributed by atoms with Crippen molar-refractivity contribution in [3.63, 3.8) is 0 Å². The van der Waals surface area contributed by atoms with Crippen molar-refractivity contribution in [2.75, 3.05) is 30.3 Å². The van der Waals surface area contributed by atoms with Crippen LogP contribution in [0.4, 0.5) is 16.2 Å². The fraction of sp³-hybridized carbons (Fsp3) is 0.417. The highest BCUT2D eigenvalue weighted by Gasteiger charge is 2.25. The Morgan fingerprint density at radius 3 is 2.28 bits per heavy atom. The fourth-order valence-electron chi connectivity index (χ4n) is 4.42. The minimum absolute atomic E-state index is 0.0510. The number of rotatable bonds is 5. The van der Waals surface area contributed by atoms with E-state index in [0.717, 1.165) is 37.9 Å². The van der Waals surface area contributed by atoms with Gasteiger partial charge in [-0.1, -0.05) is 41.4 Å². The summed E-state index contributed by atoms with van der Waals surface area (Å²) in [5.41, 5.74) is 2.50. The molecule has 2 heterocycles. The van der Waals surface area contributed by atoms with E-state index in [9.17, 15) is 9.59 Å². The average Bonchev–Trinajstić information content (AvgIpc) is 3.30. The highest BCUT2D eigenvalue weighted by Crippen LogP contribution is 2.32. The van der Waals surface area contributed by atoms with E-state index in [2.05, 4.69) is 28.1 Å². The molecule has 1 unspecified atom stereocenters. The van der Waals surface area contributed by atoms with Gasteiger partial charge in [-0.25, -0.2) is 4.79 Å². The van der Waals surface area contributed by atoms with Crippen molar-refractivity contribution < 1.29 is 9.59 Å². The van der Waals surface area contributed by atoms with Gasteiger partial charge in [0.25, 0.3) is 0 Å². The lowest BCUT2D eigenvalue weighted by Gasteiger charge is -2.32. The van der Waals surface area contributed by atoms with E-state index < -0.39 is 0 Å². The van der Waals surface area contributed by atoms with Crippen LogP contribution in [0, 0.1) is 0 Å². The van der Waals surface area contributed by atoms with E-state index >= 15 is 0 Å². The quantitative estimate of drug-likeness (QED) is 0.536. The summed E-state index contributed by atoms with van der Waals surface area (Å²) in [5, 5.41) is 10.0. The van der Waals surface area contributed by atoms with E-state index in [1.54, 1.807) is 23.1 Å². The SMILES string of the molecule is O=C(CC1CCCN1)Nc1ccc(C2CCN(C(=O)Nc3c(Cl)cccc3Cl)CC2)cc1. The van der Waals surface area contributed by atoms with Crippen LogP contribution in [0.3, 0.4) is 0 Å². The van der Waals surface area contributed by atoms with Crippen LogP contribution in [0.2, 0.25) is 10.0 Å². The number of benzene rings is 2. The number of urea groups is 1. The maximum Gasteiger partial charge on any atom is 0.321 e. The number of nitrogens with zero attached hydrogens (tertiary/aromatic N) is 1. The van der Waals surface area contributed by atoms with Crippen molar-refractivity contribution >= 4 is 46.5 Å². The molecule has 8 heteroatoms. The Balaban J connectivity index is 1.26. The molecule has 0 bridgehead atoms. The number of halogens is 2. The second-order valence-corrected chi connectivity index (χ2v) is 9.27. The van der Waals surface area contributed by atoms with Crippen LogP contribution in [-0.4, -0.2) is 42.5 Å². The summed E-state index contributed by atoms with van der Waals surface area (Å²) in [6, 6.07) is 13.3. The van der Waals surface area contributed by atoms with Crippen LogP contribution in [0.5, 0.6) is 0 Å². The van der Waals surface area contributed by atoms with Crippen LogP contribution in [0.1, 0.15) is 43.6 Å². The van der Waals surface area contributed by atoms with Crippen molar-refractivity contribution in [1.82, 2.24) is 10.2 Å². The topological polar surface area (TPSA) is 73.5 Å². The lowest BCUT2D eigenvalue weighted by atomic mass is 9.89. The number of carbonyl (C=O) groups excluding carboxylic acids is 2. The molecule has 2 aromatic carbocycles. The normalized spacial score (nSPS) is 19.1. The third kappa shape index (κ3) is 5.74. The Hall–Kier alpha value is -2.28. The van der Waals surface area contributed by atoms with Crippen LogP contribution < -0.4 is 16.0 Å². The van der Waals surface area contributed by atoms with Gasteiger partial charge in [-0.05, 0) is 68.0 Å². The minimum atomic E-state index is -0.187. The maximum absolute atomic E-state index is 12.6. The van der Waals surface area contributed by atoms with Crippen LogP contribution in [0.25, 0.3) is 0 Å². The van der Waals surface area contributed by atoms with Gasteiger partial charge in [-0.2, -0.15) is 0 Å². The van der Waals surface area contributed by atoms with Gasteiger partial charge in [0.2, 0.25) is 5.91 Å². The Bertz CT molecular complexity index is 933. The molecule has 2 fully saturated rings. The standard InChI is InChI=1S/C24H28Cl2N4O2/c25-20-4-1-5-21(26)23(20)29-24(32)30-13-10-17(11-14-30)16-6-8-18(9-7-16)28-22(31)15-19-3-2-12-27-19/h1,4-9,17,19,27H,2-3,10-15H2,(H,28,31)(H,29,32). The lowest BCUT2D eigenvalue weighted by Crippen LogP contribution is -2.40. The molecule has 0 radical (unpaired) electrons. The Morgan fingerprint density at radius 2 is 1.66 bits per heavy atom. The van der Waals surface area contributed by atoms with Gasteiger partial charge in [0.15, 0.2) is 0 Å². The van der Waals surface area contributed by atoms with E-state index in [1.165, 1.54) is 5.56 Å². The number of likely N-dealkylation sites (tertiary alicyclic amines) is 1. The highest BCUT2D eigenvalue weighted by atomic mass is 35.5. The van der Waals surface area contributed by atoms with Crippen molar-refractivity contribution in [3.05, 3.63) is 58.1 Å². The molecular weight excluding hydrogens is 447 g/mol. The summed E-state index contributed by atoms with van der Waals surface area (Å²) in [6.45, 7) is 2.32. The molecular formula is C24H28Cl2N4O2. The Morgan fingerprint density at radius 1 is 0.969 bits per heavy atom. The van der Waals surface area contributed by atoms with Gasteiger partial charge in [0.05, 0.1) is 15.7 Å². The number of carbonyl (C=O) groups is 2. The van der Waals surface area contributed by atoms with E-state index in [-0.39, 0.29) is 11.9 Å². The molecule has 4 rings (SSSR count). The Kier molecular flexibility index (Phi) is 7.55. The third-order valence-electron chi connectivity index (χ3n) is 6.24. The summed E-state index contributed by atoms with van der Waals surface area (Å²) < 4.78 is 0. The number of anilines is 2. The largest absolute Gasteiger partial charge is 0.326 e. The predicted octanol–water partition coefficient (Wildman–Crippen LogP) is 5.49. The van der Waals surface area contributed by atoms with E-state index in [0.29, 0.717) is 47.2 Å². The molecule has 32 heavy (non-hydrogen) atoms. The first-order valence-corrected chi connectivity index (χ1v) is 11.9. The number of hydrogen-bond donors (Lipinski definition) is 3. The first kappa shape index (κ1) is 22.9. The number of nitrogens with one attached hydrogen (secondary N) is 3. The summed E-state index contributed by atoms with van der Waals surface area (Å²) >= 11 is 12.3. The van der Waals surface area contributed by atoms with Gasteiger partial charge in [-0.15, -0.1) is 0 Å². The molecule has 1 atom stereocenters. The lowest BCUT2D eigenvalue weighted by molar-refractivity contribution is -0.116. The monoisotopic (exact) mass is 474 g/mol. The summed E-state index contributed by atoms with van der Waals surface area (Å²) in [7, 11) is 0. The van der Waals surface area contributed by atoms with Crippen molar-refractivity contribution in [2.24, 2.45) is 0 Å². The molecule has 3 amide bonds. The van der Waals surface area contributed by atoms with Gasteiger partial charge < -0.3 is 20.9 Å². The van der Waals surface area contributed by atoms with Crippen LogP contribution in [-0.2, 0) is 4.79 Å². The molecule has 2 aromatic rings. The first-order valence-electron chi connectivity index (χ1n) is 11.1. The molecule has 0 aromatic heterocycles. The van der Waals surface area contributed by atoms with E-state index in [4.69, 9.17) is 23.2 Å². The summed E-state index contributed by atoms with van der Waals surface area (Å²) in [4.78, 5) is 26.6. The second-order valence-electron chi connectivity index (χ2n) is 8.46. The van der Waals surface area contributed by atoms with Gasteiger partial charge >= 0.3 is 6.03 Å². The van der Waals surface area contributed by atoms with Crippen molar-refractivity contribution in [2.45, 2.75) is 44.1 Å². The second kappa shape index (κ2) is 10.6. The molecule has 2 saturated heterocycles. The zero-order chi connectivity index (χ0) is 22.5. The zero-order valence-corrected chi connectivity index (χ0v) is 19.4. The van der Waals surface area contributed by atoms with Crippen molar-refractivity contribution in [3.8, 4) is 0 Å². The molecule has 0 spiro atoms. The molecule has 170 valence electrons. The highest BCUT2D eigenvalue weighted by molar-refractivity contribution is 6.39. The van der Waals surface area contributed by atoms with Crippen molar-refractivity contribution in [1.29, 1.82) is 0 Å². The third-order valence-corrected chi connectivity index (χ3v) is 6.87. The number of amides is 3. The number of piperidine rings is 1. The molecule has 0 aliphatic carbocycles. The average molecular weight is 475 g/mol. The molecule has 2 aliphatic heterocycles. The Labute approximate surface area is 198 Å². The predicted molar refractivity (Wildman–Crippen MR) is 130 cm³/mol. The smallest absolute Gasteiger partial charge is 0.321 e. The summed E-state index contributed by atoms with van der Waals surface area (Å²) in [6.07, 6.45) is 4.47. The first-order chi connectivity index (χ1) is 15.5. The van der Waals surface area contributed by atoms with Gasteiger partial charge in [0.1, 0.15) is 0 Å². The number of para-hydroxylation sites is 1. The summed E-state index contributed by atoms with van der Waals surface area (Å²) in [5.74, 6) is 0.436. The maximum atomic E-state index is 12.6. The molecule has 3 N–H and O–H groups in total. The van der Waals surface area contributed by atoms with Crippen LogP contribution in [0.15, 0.2) is 42.5 Å². The van der Waals surface area contributed by atoms with E-state index in [1.807, 2.05) is 12.1 Å². The fourth-order valence-corrected chi connectivity index (χ4v) is 4.92. The van der Waals surface area contributed by atoms with Gasteiger partial charge in [0, 0.05) is 31.2 Å². The number of hydrogen-bond acceptors (Lipinski definition) is 3. The van der Waals surface area contributed by atoms with Crippen LogP contribution >= 0.6 is 23.2 Å².